The third-order valence-electron chi connectivity index (χ3n) is 3.94. The summed E-state index contributed by atoms with van der Waals surface area (Å²) in [6, 6.07) is 10.5. The number of carbonyl (C=O) groups excluding carboxylic acids is 2. The van der Waals surface area contributed by atoms with E-state index in [4.69, 9.17) is 16.3 Å². The fourth-order valence-electron chi connectivity index (χ4n) is 2.53. The molecule has 2 heterocycles. The average Bonchev–Trinajstić information content (AvgIpc) is 3.20. The van der Waals surface area contributed by atoms with Gasteiger partial charge in [0.05, 0.1) is 30.6 Å². The second kappa shape index (κ2) is 9.43. The minimum atomic E-state index is -0.221. The van der Waals surface area contributed by atoms with Crippen LogP contribution in [0.2, 0.25) is 5.02 Å². The number of hydrogen-bond donors (Lipinski definition) is 1. The molecule has 3 rings (SSSR count). The van der Waals surface area contributed by atoms with Crippen LogP contribution in [-0.2, 0) is 11.3 Å². The molecule has 1 aromatic carbocycles. The predicted molar refractivity (Wildman–Crippen MR) is 109 cm³/mol. The predicted octanol–water partition coefficient (Wildman–Crippen LogP) is 4.15. The van der Waals surface area contributed by atoms with Crippen molar-refractivity contribution >= 4 is 34.6 Å². The van der Waals surface area contributed by atoms with Gasteiger partial charge in [-0.3, -0.25) is 14.6 Å². The Kier molecular flexibility index (Phi) is 6.73. The zero-order valence-electron chi connectivity index (χ0n) is 15.1. The number of pyridine rings is 1. The van der Waals surface area contributed by atoms with Crippen molar-refractivity contribution in [2.45, 2.75) is 19.4 Å². The Labute approximate surface area is 171 Å². The van der Waals surface area contributed by atoms with Crippen LogP contribution in [0.1, 0.15) is 28.9 Å². The molecule has 0 saturated carbocycles. The second-order valence-corrected chi connectivity index (χ2v) is 7.20. The molecule has 0 spiro atoms. The van der Waals surface area contributed by atoms with Crippen LogP contribution in [0.5, 0.6) is 5.75 Å². The Morgan fingerprint density at radius 2 is 2.07 bits per heavy atom. The smallest absolute Gasteiger partial charge is 0.220 e. The molecule has 0 radical (unpaired) electrons. The van der Waals surface area contributed by atoms with Gasteiger partial charge in [-0.05, 0) is 30.3 Å². The molecule has 0 aliphatic heterocycles. The van der Waals surface area contributed by atoms with Gasteiger partial charge in [0.1, 0.15) is 10.8 Å². The van der Waals surface area contributed by atoms with Gasteiger partial charge >= 0.3 is 0 Å². The molecule has 28 heavy (non-hydrogen) atoms. The highest BCUT2D eigenvalue weighted by Crippen LogP contribution is 2.24. The van der Waals surface area contributed by atoms with E-state index in [9.17, 15) is 9.59 Å². The van der Waals surface area contributed by atoms with Crippen LogP contribution >= 0.6 is 22.9 Å². The zero-order valence-corrected chi connectivity index (χ0v) is 16.7. The molecule has 8 heteroatoms. The van der Waals surface area contributed by atoms with Crippen LogP contribution < -0.4 is 10.1 Å². The number of methoxy groups -OCH3 is 1. The number of ketones is 1. The maximum atomic E-state index is 12.4. The number of nitrogens with zero attached hydrogens (tertiary/aromatic N) is 2. The van der Waals surface area contributed by atoms with Gasteiger partial charge in [0.2, 0.25) is 5.91 Å². The first-order chi connectivity index (χ1) is 13.6. The molecule has 0 aliphatic carbocycles. The lowest BCUT2D eigenvalue weighted by Gasteiger charge is -2.08. The molecule has 6 nitrogen and oxygen atoms in total. The monoisotopic (exact) mass is 415 g/mol. The van der Waals surface area contributed by atoms with Gasteiger partial charge in [-0.1, -0.05) is 17.7 Å². The summed E-state index contributed by atoms with van der Waals surface area (Å²) in [5.74, 6) is 0.0293. The number of rotatable bonds is 8. The summed E-state index contributed by atoms with van der Waals surface area (Å²) < 4.78 is 5.18. The highest BCUT2D eigenvalue weighted by atomic mass is 35.5. The molecule has 0 atom stereocenters. The van der Waals surface area contributed by atoms with Gasteiger partial charge in [0.25, 0.3) is 0 Å². The highest BCUT2D eigenvalue weighted by molar-refractivity contribution is 7.13. The van der Waals surface area contributed by atoms with E-state index in [1.165, 1.54) is 18.4 Å². The van der Waals surface area contributed by atoms with E-state index in [-0.39, 0.29) is 24.5 Å². The summed E-state index contributed by atoms with van der Waals surface area (Å²) in [6.07, 6.45) is 1.86. The van der Waals surface area contributed by atoms with Gasteiger partial charge in [-0.2, -0.15) is 0 Å². The topological polar surface area (TPSA) is 81.2 Å². The molecule has 2 aromatic heterocycles. The van der Waals surface area contributed by atoms with Crippen molar-refractivity contribution in [3.63, 3.8) is 0 Å². The maximum Gasteiger partial charge on any atom is 0.220 e. The van der Waals surface area contributed by atoms with Crippen LogP contribution in [0.4, 0.5) is 0 Å². The number of thiazole rings is 1. The van der Waals surface area contributed by atoms with E-state index in [1.54, 1.807) is 24.4 Å². The molecule has 0 bridgehead atoms. The molecular weight excluding hydrogens is 398 g/mol. The van der Waals surface area contributed by atoms with Crippen LogP contribution in [0, 0.1) is 0 Å². The van der Waals surface area contributed by atoms with Crippen LogP contribution in [0.15, 0.2) is 48.0 Å². The fourth-order valence-corrected chi connectivity index (χ4v) is 3.50. The molecule has 0 aliphatic rings. The number of Topliss-reactive ketones (excluding diaryl/α,β-unsaturated/α-hetero) is 1. The zero-order chi connectivity index (χ0) is 19.9. The van der Waals surface area contributed by atoms with Gasteiger partial charge in [-0.15, -0.1) is 11.3 Å². The summed E-state index contributed by atoms with van der Waals surface area (Å²) >= 11 is 7.42. The molecule has 144 valence electrons. The van der Waals surface area contributed by atoms with Crippen molar-refractivity contribution in [2.75, 3.05) is 7.11 Å². The molecule has 0 fully saturated rings. The first-order valence-corrected chi connectivity index (χ1v) is 9.82. The van der Waals surface area contributed by atoms with Crippen LogP contribution in [0.25, 0.3) is 10.7 Å². The maximum absolute atomic E-state index is 12.4. The number of halogens is 1. The summed E-state index contributed by atoms with van der Waals surface area (Å²) in [5, 5.41) is 5.91. The lowest BCUT2D eigenvalue weighted by atomic mass is 10.1. The lowest BCUT2D eigenvalue weighted by Crippen LogP contribution is -2.23. The Morgan fingerprint density at radius 1 is 1.21 bits per heavy atom. The quantitative estimate of drug-likeness (QED) is 0.559. The van der Waals surface area contributed by atoms with Crippen molar-refractivity contribution in [3.8, 4) is 16.5 Å². The SMILES string of the molecule is COc1ccc(Cl)cc1C(=O)CCC(=O)NCc1csc(-c2ccccn2)n1. The minimum absolute atomic E-state index is 0.0682. The Balaban J connectivity index is 1.51. The molecular formula is C20H18ClN3O3S. The minimum Gasteiger partial charge on any atom is -0.496 e. The number of benzene rings is 1. The standard InChI is InChI=1S/C20H18ClN3O3S/c1-27-18-7-5-13(21)10-15(18)17(25)6-8-19(26)23-11-14-12-28-20(24-14)16-4-2-3-9-22-16/h2-5,7,9-10,12H,6,8,11H2,1H3,(H,23,26). The van der Waals surface area contributed by atoms with E-state index in [0.29, 0.717) is 22.9 Å². The fraction of sp³-hybridized carbons (Fsp3) is 0.200. The number of carbonyl (C=O) groups is 2. The van der Waals surface area contributed by atoms with Crippen LogP contribution in [-0.4, -0.2) is 28.8 Å². The summed E-state index contributed by atoms with van der Waals surface area (Å²) in [4.78, 5) is 33.2. The first kappa shape index (κ1) is 20.0. The normalized spacial score (nSPS) is 10.5. The number of hydrogen-bond acceptors (Lipinski definition) is 6. The van der Waals surface area contributed by atoms with Crippen molar-refractivity contribution < 1.29 is 14.3 Å². The van der Waals surface area contributed by atoms with Gasteiger partial charge in [0.15, 0.2) is 5.78 Å². The van der Waals surface area contributed by atoms with Crippen molar-refractivity contribution in [3.05, 3.63) is 64.3 Å². The summed E-state index contributed by atoms with van der Waals surface area (Å²) in [5.41, 5.74) is 1.93. The Hall–Kier alpha value is -2.77. The molecule has 1 N–H and O–H groups in total. The van der Waals surface area contributed by atoms with E-state index in [2.05, 4.69) is 15.3 Å². The first-order valence-electron chi connectivity index (χ1n) is 8.56. The van der Waals surface area contributed by atoms with Crippen molar-refractivity contribution in [1.82, 2.24) is 15.3 Å². The third kappa shape index (κ3) is 5.15. The number of amides is 1. The van der Waals surface area contributed by atoms with E-state index in [0.717, 1.165) is 16.4 Å². The van der Waals surface area contributed by atoms with Crippen molar-refractivity contribution in [2.24, 2.45) is 0 Å². The van der Waals surface area contributed by atoms with E-state index < -0.39 is 0 Å². The third-order valence-corrected chi connectivity index (χ3v) is 5.09. The van der Waals surface area contributed by atoms with Gasteiger partial charge < -0.3 is 10.1 Å². The molecule has 0 unspecified atom stereocenters. The highest BCUT2D eigenvalue weighted by Gasteiger charge is 2.15. The van der Waals surface area contributed by atoms with E-state index in [1.807, 2.05) is 23.6 Å². The van der Waals surface area contributed by atoms with Gasteiger partial charge in [-0.25, -0.2) is 4.98 Å². The van der Waals surface area contributed by atoms with Crippen molar-refractivity contribution in [1.29, 1.82) is 0 Å². The average molecular weight is 416 g/mol. The molecule has 3 aromatic rings. The Bertz CT molecular complexity index is 976. The molecule has 1 amide bonds. The second-order valence-electron chi connectivity index (χ2n) is 5.90. The number of ether oxygens (including phenoxy) is 1. The molecule has 0 saturated heterocycles. The number of nitrogens with one attached hydrogen (secondary N) is 1. The summed E-state index contributed by atoms with van der Waals surface area (Å²) in [6.45, 7) is 0.302. The van der Waals surface area contributed by atoms with E-state index >= 15 is 0 Å². The lowest BCUT2D eigenvalue weighted by molar-refractivity contribution is -0.121. The van der Waals surface area contributed by atoms with Gasteiger partial charge in [0, 0.05) is 29.4 Å². The Morgan fingerprint density at radius 3 is 2.82 bits per heavy atom. The number of aromatic nitrogens is 2. The summed E-state index contributed by atoms with van der Waals surface area (Å²) in [7, 11) is 1.49. The largest absolute Gasteiger partial charge is 0.496 e. The van der Waals surface area contributed by atoms with Crippen LogP contribution in [0.3, 0.4) is 0 Å².